The van der Waals surface area contributed by atoms with Gasteiger partial charge in [-0.1, -0.05) is 19.6 Å². The molecule has 8 heavy (non-hydrogen) atoms. The fourth-order valence-electron chi connectivity index (χ4n) is 0. The average Bonchev–Trinajstić information content (AvgIpc) is 1.35. The molecule has 0 aliphatic heterocycles. The van der Waals surface area contributed by atoms with Crippen LogP contribution in [0, 0.1) is 12.0 Å². The van der Waals surface area contributed by atoms with Gasteiger partial charge in [-0.25, -0.2) is 0 Å². The van der Waals surface area contributed by atoms with Gasteiger partial charge in [0.05, 0.1) is 8.07 Å². The molecule has 0 aromatic heterocycles. The summed E-state index contributed by atoms with van der Waals surface area (Å²) < 4.78 is 0. The summed E-state index contributed by atoms with van der Waals surface area (Å²) in [5.41, 5.74) is 2.49. The van der Waals surface area contributed by atoms with E-state index in [-0.39, 0.29) is 47.0 Å². The maximum atomic E-state index is 6.67. The third kappa shape index (κ3) is 15.7. The Morgan fingerprint density at radius 1 is 1.25 bits per heavy atom. The first-order valence-corrected chi connectivity index (χ1v) is 5.50. The Labute approximate surface area is 86.0 Å². The summed E-state index contributed by atoms with van der Waals surface area (Å²) in [6, 6.07) is 0. The van der Waals surface area contributed by atoms with E-state index >= 15 is 0 Å². The van der Waals surface area contributed by atoms with E-state index in [0.29, 0.717) is 0 Å². The Kier molecular flexibility index (Phi) is 12.9. The third-order valence-electron chi connectivity index (χ3n) is 0.375. The van der Waals surface area contributed by atoms with Crippen LogP contribution in [0.2, 0.25) is 19.6 Å². The van der Waals surface area contributed by atoms with Crippen molar-refractivity contribution in [3.8, 4) is 5.54 Å². The van der Waals surface area contributed by atoms with Crippen molar-refractivity contribution < 1.29 is 24.0 Å². The molecule has 0 spiro atoms. The molecule has 0 atom stereocenters. The van der Waals surface area contributed by atoms with Gasteiger partial charge < -0.3 is 35.9 Å². The molecule has 0 fully saturated rings. The standard InChI is InChI=1S/C5H9Si.HI.Mg/c1-5-6(2,3)4;;/h2-4H3;1H;/q-1;;+2/p-1. The Hall–Kier alpha value is 1.27. The zero-order valence-electron chi connectivity index (χ0n) is 5.59. The second kappa shape index (κ2) is 6.39. The fourth-order valence-corrected chi connectivity index (χ4v) is 0. The van der Waals surface area contributed by atoms with Crippen LogP contribution in [0.3, 0.4) is 0 Å². The van der Waals surface area contributed by atoms with Crippen LogP contribution in [-0.4, -0.2) is 31.1 Å². The maximum Gasteiger partial charge on any atom is 2.00 e. The van der Waals surface area contributed by atoms with Crippen molar-refractivity contribution in [3.63, 3.8) is 0 Å². The maximum absolute atomic E-state index is 6.67. The van der Waals surface area contributed by atoms with Gasteiger partial charge in [-0.3, -0.25) is 0 Å². The summed E-state index contributed by atoms with van der Waals surface area (Å²) in [7, 11) is -1.21. The summed E-state index contributed by atoms with van der Waals surface area (Å²) in [6.45, 7) is 6.25. The van der Waals surface area contributed by atoms with Gasteiger partial charge in [0.15, 0.2) is 0 Å². The Bertz CT molecular complexity index is 79.4. The molecule has 42 valence electrons. The molecule has 3 heteroatoms. The van der Waals surface area contributed by atoms with Crippen LogP contribution in [0.4, 0.5) is 0 Å². The second-order valence-corrected chi connectivity index (χ2v) is 7.12. The van der Waals surface area contributed by atoms with Crippen molar-refractivity contribution in [2.75, 3.05) is 0 Å². The van der Waals surface area contributed by atoms with Gasteiger partial charge >= 0.3 is 23.1 Å². The monoisotopic (exact) mass is 248 g/mol. The molecule has 0 saturated carbocycles. The van der Waals surface area contributed by atoms with E-state index in [9.17, 15) is 0 Å². The van der Waals surface area contributed by atoms with E-state index in [1.165, 1.54) is 0 Å². The van der Waals surface area contributed by atoms with Crippen LogP contribution in [-0.2, 0) is 0 Å². The van der Waals surface area contributed by atoms with Crippen LogP contribution in [0.15, 0.2) is 0 Å². The van der Waals surface area contributed by atoms with Gasteiger partial charge in [-0.2, -0.15) is 0 Å². The third-order valence-corrected chi connectivity index (χ3v) is 1.12. The zero-order valence-corrected chi connectivity index (χ0v) is 10.2. The molecule has 0 saturated heterocycles. The van der Waals surface area contributed by atoms with Crippen LogP contribution >= 0.6 is 0 Å². The predicted molar refractivity (Wildman–Crippen MR) is 36.2 cm³/mol. The van der Waals surface area contributed by atoms with Crippen LogP contribution in [0.1, 0.15) is 0 Å². The fraction of sp³-hybridized carbons (Fsp3) is 0.600. The van der Waals surface area contributed by atoms with Crippen LogP contribution in [0.5, 0.6) is 0 Å². The Morgan fingerprint density at radius 2 is 1.38 bits per heavy atom. The normalized spacial score (nSPS) is 7.75. The molecule has 0 aromatic carbocycles. The molecule has 0 aromatic rings. The number of halogens is 1. The minimum absolute atomic E-state index is 0. The molecule has 0 nitrogen and oxygen atoms in total. The van der Waals surface area contributed by atoms with E-state index in [2.05, 4.69) is 25.2 Å². The van der Waals surface area contributed by atoms with Crippen molar-refractivity contribution in [1.82, 2.24) is 0 Å². The molecule has 0 heterocycles. The van der Waals surface area contributed by atoms with Gasteiger partial charge in [0.1, 0.15) is 0 Å². The van der Waals surface area contributed by atoms with Crippen molar-refractivity contribution in [2.45, 2.75) is 19.6 Å². The van der Waals surface area contributed by atoms with Crippen molar-refractivity contribution in [1.29, 1.82) is 0 Å². The topological polar surface area (TPSA) is 0 Å². The average molecular weight is 248 g/mol. The summed E-state index contributed by atoms with van der Waals surface area (Å²) in [5, 5.41) is 0. The van der Waals surface area contributed by atoms with Crippen molar-refractivity contribution in [2.24, 2.45) is 0 Å². The minimum atomic E-state index is -1.21. The van der Waals surface area contributed by atoms with Crippen LogP contribution in [0.25, 0.3) is 0 Å². The van der Waals surface area contributed by atoms with E-state index in [0.717, 1.165) is 0 Å². The second-order valence-electron chi connectivity index (χ2n) is 2.38. The smallest absolute Gasteiger partial charge is 1.00 e. The molecule has 0 radical (unpaired) electrons. The molecule has 0 rings (SSSR count). The number of hydrogen-bond acceptors (Lipinski definition) is 0. The predicted octanol–water partition coefficient (Wildman–Crippen LogP) is -1.92. The molecule has 0 amide bonds. The molecule has 0 unspecified atom stereocenters. The van der Waals surface area contributed by atoms with Crippen molar-refractivity contribution in [3.05, 3.63) is 6.42 Å². The first-order valence-electron chi connectivity index (χ1n) is 2.00. The van der Waals surface area contributed by atoms with Gasteiger partial charge in [0, 0.05) is 0 Å². The van der Waals surface area contributed by atoms with Crippen LogP contribution < -0.4 is 24.0 Å². The minimum Gasteiger partial charge on any atom is -1.00 e. The molecular formula is C5H9IMgSi. The van der Waals surface area contributed by atoms with E-state index in [1.54, 1.807) is 0 Å². The van der Waals surface area contributed by atoms with E-state index in [1.807, 2.05) is 0 Å². The molecule has 0 aliphatic carbocycles. The number of rotatable bonds is 0. The molecule has 0 aliphatic rings. The van der Waals surface area contributed by atoms with Gasteiger partial charge in [0.25, 0.3) is 0 Å². The molecule has 0 N–H and O–H groups in total. The molecule has 0 bridgehead atoms. The quantitative estimate of drug-likeness (QED) is 0.203. The first-order chi connectivity index (χ1) is 2.56. The van der Waals surface area contributed by atoms with Crippen molar-refractivity contribution >= 4 is 31.1 Å². The Morgan fingerprint density at radius 3 is 1.38 bits per heavy atom. The zero-order chi connectivity index (χ0) is 5.21. The first kappa shape index (κ1) is 16.1. The Balaban J connectivity index is -0.000000125. The largest absolute Gasteiger partial charge is 2.00 e. The summed E-state index contributed by atoms with van der Waals surface area (Å²) >= 11 is 0. The van der Waals surface area contributed by atoms with E-state index in [4.69, 9.17) is 6.42 Å². The SMILES string of the molecule is [C-]#C[Si](C)(C)C.[I-].[Mg+2]. The van der Waals surface area contributed by atoms with Gasteiger partial charge in [-0.05, 0) is 0 Å². The van der Waals surface area contributed by atoms with Gasteiger partial charge in [0.2, 0.25) is 0 Å². The van der Waals surface area contributed by atoms with E-state index < -0.39 is 8.07 Å². The number of hydrogen-bond donors (Lipinski definition) is 0. The summed E-state index contributed by atoms with van der Waals surface area (Å²) in [5.74, 6) is 0. The summed E-state index contributed by atoms with van der Waals surface area (Å²) in [6.07, 6.45) is 6.67. The summed E-state index contributed by atoms with van der Waals surface area (Å²) in [4.78, 5) is 0. The molecular weight excluding hydrogens is 239 g/mol. The van der Waals surface area contributed by atoms with Gasteiger partial charge in [-0.15, -0.1) is 0 Å².